The van der Waals surface area contributed by atoms with E-state index in [1.165, 1.54) is 0 Å². The largest absolute Gasteiger partial charge is 0.419 e. The van der Waals surface area contributed by atoms with Crippen LogP contribution < -0.4 is 0 Å². The van der Waals surface area contributed by atoms with Gasteiger partial charge in [-0.2, -0.15) is 0 Å². The smallest absolute Gasteiger partial charge is 0.254 e. The average Bonchev–Trinajstić information content (AvgIpc) is 3.39. The van der Waals surface area contributed by atoms with Crippen LogP contribution in [0.15, 0.2) is 53.2 Å². The number of pyridine rings is 1. The molecule has 2 aromatic heterocycles. The second kappa shape index (κ2) is 6.64. The summed E-state index contributed by atoms with van der Waals surface area (Å²) in [5, 5.41) is 8.80. The van der Waals surface area contributed by atoms with Crippen LogP contribution >= 0.6 is 11.6 Å². The molecule has 1 aromatic carbocycles. The molecule has 0 spiro atoms. The molecular formula is C18H15ClN4O2. The van der Waals surface area contributed by atoms with Gasteiger partial charge in [0.1, 0.15) is 0 Å². The SMILES string of the molecule is O=C(c1ccncc1)N(Cc1nnc(-c2ccc(Cl)cc2)o1)C1CC1. The van der Waals surface area contributed by atoms with E-state index in [0.29, 0.717) is 28.9 Å². The van der Waals surface area contributed by atoms with Gasteiger partial charge >= 0.3 is 0 Å². The monoisotopic (exact) mass is 354 g/mol. The maximum absolute atomic E-state index is 12.7. The summed E-state index contributed by atoms with van der Waals surface area (Å²) in [5.41, 5.74) is 1.40. The Bertz CT molecular complexity index is 876. The number of rotatable bonds is 5. The Balaban J connectivity index is 1.53. The molecule has 1 amide bonds. The van der Waals surface area contributed by atoms with E-state index in [-0.39, 0.29) is 11.9 Å². The molecular weight excluding hydrogens is 340 g/mol. The fourth-order valence-corrected chi connectivity index (χ4v) is 2.71. The Morgan fingerprint density at radius 2 is 1.84 bits per heavy atom. The first kappa shape index (κ1) is 15.8. The number of amides is 1. The summed E-state index contributed by atoms with van der Waals surface area (Å²) in [6.45, 7) is 0.298. The summed E-state index contributed by atoms with van der Waals surface area (Å²) < 4.78 is 5.73. The van der Waals surface area contributed by atoms with E-state index in [2.05, 4.69) is 15.2 Å². The fraction of sp³-hybridized carbons (Fsp3) is 0.222. The van der Waals surface area contributed by atoms with Crippen molar-refractivity contribution in [3.05, 3.63) is 65.3 Å². The molecule has 0 unspecified atom stereocenters. The van der Waals surface area contributed by atoms with Gasteiger partial charge in [0.15, 0.2) is 0 Å². The quantitative estimate of drug-likeness (QED) is 0.700. The zero-order valence-corrected chi connectivity index (χ0v) is 14.1. The first-order chi connectivity index (χ1) is 12.2. The summed E-state index contributed by atoms with van der Waals surface area (Å²) in [6.07, 6.45) is 5.22. The van der Waals surface area contributed by atoms with E-state index in [0.717, 1.165) is 18.4 Å². The Kier molecular flexibility index (Phi) is 4.19. The number of aromatic nitrogens is 3. The Hall–Kier alpha value is -2.73. The summed E-state index contributed by atoms with van der Waals surface area (Å²) >= 11 is 5.89. The molecule has 1 fully saturated rings. The number of carbonyl (C=O) groups is 1. The number of hydrogen-bond donors (Lipinski definition) is 0. The summed E-state index contributed by atoms with van der Waals surface area (Å²) in [7, 11) is 0. The normalized spacial score (nSPS) is 13.6. The average molecular weight is 355 g/mol. The summed E-state index contributed by atoms with van der Waals surface area (Å²) in [5.74, 6) is 0.786. The van der Waals surface area contributed by atoms with Crippen LogP contribution in [0.3, 0.4) is 0 Å². The van der Waals surface area contributed by atoms with Gasteiger partial charge in [0, 0.05) is 34.6 Å². The van der Waals surface area contributed by atoms with Gasteiger partial charge in [-0.05, 0) is 49.2 Å². The Labute approximate surface area is 149 Å². The number of hydrogen-bond acceptors (Lipinski definition) is 5. The second-order valence-corrected chi connectivity index (χ2v) is 6.34. The molecule has 6 nitrogen and oxygen atoms in total. The van der Waals surface area contributed by atoms with E-state index < -0.39 is 0 Å². The molecule has 0 radical (unpaired) electrons. The first-order valence-electron chi connectivity index (χ1n) is 8.00. The molecule has 0 bridgehead atoms. The van der Waals surface area contributed by atoms with Crippen LogP contribution in [0.25, 0.3) is 11.5 Å². The Morgan fingerprint density at radius 1 is 1.12 bits per heavy atom. The molecule has 3 aromatic rings. The second-order valence-electron chi connectivity index (χ2n) is 5.91. The molecule has 7 heteroatoms. The van der Waals surface area contributed by atoms with E-state index in [1.54, 1.807) is 41.6 Å². The number of nitrogens with zero attached hydrogens (tertiary/aromatic N) is 4. The lowest BCUT2D eigenvalue weighted by atomic mass is 10.2. The van der Waals surface area contributed by atoms with Gasteiger partial charge in [-0.3, -0.25) is 9.78 Å². The molecule has 1 saturated carbocycles. The van der Waals surface area contributed by atoms with Crippen molar-refractivity contribution < 1.29 is 9.21 Å². The number of halogens is 1. The fourth-order valence-electron chi connectivity index (χ4n) is 2.59. The molecule has 4 rings (SSSR count). The standard InChI is InChI=1S/C18H15ClN4O2/c19-14-3-1-12(2-4-14)17-22-21-16(25-17)11-23(15-5-6-15)18(24)13-7-9-20-10-8-13/h1-4,7-10,15H,5-6,11H2. The van der Waals surface area contributed by atoms with Crippen LogP contribution in [0, 0.1) is 0 Å². The molecule has 2 heterocycles. The van der Waals surface area contributed by atoms with Crippen molar-refractivity contribution in [1.29, 1.82) is 0 Å². The van der Waals surface area contributed by atoms with E-state index in [4.69, 9.17) is 16.0 Å². The lowest BCUT2D eigenvalue weighted by Gasteiger charge is -2.20. The third kappa shape index (κ3) is 3.53. The van der Waals surface area contributed by atoms with Crippen molar-refractivity contribution in [3.63, 3.8) is 0 Å². The molecule has 1 aliphatic carbocycles. The molecule has 0 aliphatic heterocycles. The van der Waals surface area contributed by atoms with E-state index in [1.807, 2.05) is 12.1 Å². The minimum Gasteiger partial charge on any atom is -0.419 e. The van der Waals surface area contributed by atoms with E-state index >= 15 is 0 Å². The highest BCUT2D eigenvalue weighted by molar-refractivity contribution is 6.30. The minimum atomic E-state index is -0.0452. The predicted octanol–water partition coefficient (Wildman–Crippen LogP) is 3.59. The van der Waals surface area contributed by atoms with Crippen molar-refractivity contribution in [3.8, 4) is 11.5 Å². The Morgan fingerprint density at radius 3 is 2.52 bits per heavy atom. The first-order valence-corrected chi connectivity index (χ1v) is 8.38. The van der Waals surface area contributed by atoms with Crippen molar-refractivity contribution in [2.24, 2.45) is 0 Å². The third-order valence-electron chi connectivity index (χ3n) is 4.04. The maximum Gasteiger partial charge on any atom is 0.254 e. The van der Waals surface area contributed by atoms with Crippen LogP contribution in [-0.4, -0.2) is 32.0 Å². The van der Waals surface area contributed by atoms with Gasteiger partial charge in [-0.25, -0.2) is 0 Å². The zero-order valence-electron chi connectivity index (χ0n) is 13.3. The van der Waals surface area contributed by atoms with Crippen LogP contribution in [0.1, 0.15) is 29.1 Å². The van der Waals surface area contributed by atoms with Crippen molar-refractivity contribution in [2.45, 2.75) is 25.4 Å². The van der Waals surface area contributed by atoms with Crippen molar-refractivity contribution in [1.82, 2.24) is 20.1 Å². The third-order valence-corrected chi connectivity index (χ3v) is 4.29. The maximum atomic E-state index is 12.7. The van der Waals surface area contributed by atoms with E-state index in [9.17, 15) is 4.79 Å². The summed E-state index contributed by atoms with van der Waals surface area (Å²) in [4.78, 5) is 18.5. The molecule has 0 saturated heterocycles. The van der Waals surface area contributed by atoms with Crippen molar-refractivity contribution >= 4 is 17.5 Å². The van der Waals surface area contributed by atoms with Gasteiger partial charge in [-0.1, -0.05) is 11.6 Å². The molecule has 1 aliphatic rings. The molecule has 25 heavy (non-hydrogen) atoms. The molecule has 0 atom stereocenters. The highest BCUT2D eigenvalue weighted by Gasteiger charge is 2.34. The lowest BCUT2D eigenvalue weighted by Crippen LogP contribution is -2.32. The van der Waals surface area contributed by atoms with Crippen LogP contribution in [0.4, 0.5) is 0 Å². The van der Waals surface area contributed by atoms with Gasteiger partial charge in [0.05, 0.1) is 6.54 Å². The minimum absolute atomic E-state index is 0.0452. The van der Waals surface area contributed by atoms with Gasteiger partial charge in [0.2, 0.25) is 11.8 Å². The topological polar surface area (TPSA) is 72.1 Å². The number of carbonyl (C=O) groups excluding carboxylic acids is 1. The molecule has 0 N–H and O–H groups in total. The van der Waals surface area contributed by atoms with Gasteiger partial charge in [-0.15, -0.1) is 10.2 Å². The summed E-state index contributed by atoms with van der Waals surface area (Å²) in [6, 6.07) is 10.8. The van der Waals surface area contributed by atoms with Crippen molar-refractivity contribution in [2.75, 3.05) is 0 Å². The van der Waals surface area contributed by atoms with Crippen LogP contribution in [-0.2, 0) is 6.54 Å². The lowest BCUT2D eigenvalue weighted by molar-refractivity contribution is 0.0714. The number of benzene rings is 1. The predicted molar refractivity (Wildman–Crippen MR) is 91.9 cm³/mol. The van der Waals surface area contributed by atoms with Gasteiger partial charge < -0.3 is 9.32 Å². The highest BCUT2D eigenvalue weighted by Crippen LogP contribution is 2.30. The van der Waals surface area contributed by atoms with Gasteiger partial charge in [0.25, 0.3) is 5.91 Å². The van der Waals surface area contributed by atoms with Crippen LogP contribution in [0.2, 0.25) is 5.02 Å². The molecule has 126 valence electrons. The highest BCUT2D eigenvalue weighted by atomic mass is 35.5. The zero-order chi connectivity index (χ0) is 17.2. The van der Waals surface area contributed by atoms with Crippen LogP contribution in [0.5, 0.6) is 0 Å².